The van der Waals surface area contributed by atoms with Crippen molar-refractivity contribution in [2.24, 2.45) is 0 Å². The number of carboxylic acids is 1. The molecule has 11 heteroatoms. The average Bonchev–Trinajstić information content (AvgIpc) is 3.15. The van der Waals surface area contributed by atoms with Crippen LogP contribution in [-0.4, -0.2) is 87.6 Å². The predicted molar refractivity (Wildman–Crippen MR) is 147 cm³/mol. The van der Waals surface area contributed by atoms with Gasteiger partial charge in [0, 0.05) is 16.5 Å². The third-order valence-electron chi connectivity index (χ3n) is 6.62. The largest absolute Gasteiger partial charge is 0.480 e. The van der Waals surface area contributed by atoms with E-state index in [0.29, 0.717) is 11.3 Å². The molecule has 2 aliphatic rings. The lowest BCUT2D eigenvalue weighted by atomic mass is 9.95. The molecule has 0 aromatic heterocycles. The molecular formula is C27H40N4O6S. The smallest absolute Gasteiger partial charge is 0.332 e. The zero-order chi connectivity index (χ0) is 28.6. The van der Waals surface area contributed by atoms with Crippen molar-refractivity contribution in [3.63, 3.8) is 0 Å². The van der Waals surface area contributed by atoms with Crippen LogP contribution in [0.25, 0.3) is 0 Å². The molecule has 0 unspecified atom stereocenters. The Balaban J connectivity index is 0.000000638. The molecule has 1 aromatic carbocycles. The van der Waals surface area contributed by atoms with Gasteiger partial charge in [0.2, 0.25) is 11.8 Å². The molecular weight excluding hydrogens is 508 g/mol. The topological polar surface area (TPSA) is 128 Å². The molecule has 2 aliphatic heterocycles. The average molecular weight is 549 g/mol. The summed E-state index contributed by atoms with van der Waals surface area (Å²) in [5.41, 5.74) is 1.06. The van der Waals surface area contributed by atoms with Crippen molar-refractivity contribution in [2.45, 2.75) is 69.8 Å². The second kappa shape index (κ2) is 13.7. The van der Waals surface area contributed by atoms with E-state index >= 15 is 0 Å². The highest BCUT2D eigenvalue weighted by Gasteiger charge is 2.64. The Morgan fingerprint density at radius 3 is 2.21 bits per heavy atom. The van der Waals surface area contributed by atoms with Crippen LogP contribution < -0.4 is 10.6 Å². The van der Waals surface area contributed by atoms with E-state index in [1.165, 1.54) is 49.5 Å². The summed E-state index contributed by atoms with van der Waals surface area (Å²) in [6, 6.07) is 6.25. The number of amides is 2. The molecule has 1 aromatic rings. The summed E-state index contributed by atoms with van der Waals surface area (Å²) < 4.78 is 3.94. The first-order valence-corrected chi connectivity index (χ1v) is 13.6. The van der Waals surface area contributed by atoms with Crippen molar-refractivity contribution in [1.82, 2.24) is 20.4 Å². The number of benzene rings is 1. The Bertz CT molecular complexity index is 1020. The van der Waals surface area contributed by atoms with Gasteiger partial charge in [-0.25, -0.2) is 9.59 Å². The van der Waals surface area contributed by atoms with Gasteiger partial charge in [-0.2, -0.15) is 0 Å². The maximum absolute atomic E-state index is 13.1. The predicted octanol–water partition coefficient (Wildman–Crippen LogP) is 2.37. The molecule has 0 bridgehead atoms. The molecule has 10 nitrogen and oxygen atoms in total. The maximum Gasteiger partial charge on any atom is 0.332 e. The number of carboxylic acid groups (broad SMARTS) is 1. The van der Waals surface area contributed by atoms with Gasteiger partial charge in [-0.1, -0.05) is 51.1 Å². The number of carbonyl (C=O) groups excluding carboxylic acids is 3. The number of nitrogens with zero attached hydrogens (tertiary/aromatic N) is 2. The normalized spacial score (nSPS) is 22.4. The lowest BCUT2D eigenvalue weighted by Gasteiger charge is -2.44. The third kappa shape index (κ3) is 7.28. The number of fused-ring (bicyclic) bond motifs is 1. The van der Waals surface area contributed by atoms with Crippen LogP contribution in [0.3, 0.4) is 0 Å². The summed E-state index contributed by atoms with van der Waals surface area (Å²) in [6.45, 7) is 15.3. The minimum absolute atomic E-state index is 0.416. The van der Waals surface area contributed by atoms with Gasteiger partial charge in [-0.3, -0.25) is 9.59 Å². The molecule has 0 spiro atoms. The monoisotopic (exact) mass is 548 g/mol. The number of ether oxygens (including phenoxy) is 1. The van der Waals surface area contributed by atoms with Gasteiger partial charge in [0.25, 0.3) is 0 Å². The van der Waals surface area contributed by atoms with E-state index in [0.717, 1.165) is 0 Å². The fraction of sp³-hybridized carbons (Fsp3) is 0.556. The molecule has 2 saturated heterocycles. The van der Waals surface area contributed by atoms with Crippen molar-refractivity contribution >= 4 is 35.5 Å². The molecule has 3 N–H and O–H groups in total. The van der Waals surface area contributed by atoms with Crippen LogP contribution in [0.15, 0.2) is 42.1 Å². The molecule has 38 heavy (non-hydrogen) atoms. The Kier molecular flexibility index (Phi) is 11.2. The lowest BCUT2D eigenvalue weighted by molar-refractivity contribution is -0.161. The molecule has 2 amide bonds. The Morgan fingerprint density at radius 1 is 1.16 bits per heavy atom. The zero-order valence-electron chi connectivity index (χ0n) is 23.2. The molecule has 2 heterocycles. The Hall–Kier alpha value is -3.05. The number of rotatable bonds is 10. The van der Waals surface area contributed by atoms with Gasteiger partial charge in [-0.05, 0) is 46.0 Å². The van der Waals surface area contributed by atoms with E-state index in [9.17, 15) is 24.3 Å². The lowest BCUT2D eigenvalue weighted by Crippen LogP contribution is -2.71. The number of allylic oxidation sites excluding steroid dienone is 1. The fourth-order valence-electron chi connectivity index (χ4n) is 4.50. The SMILES string of the molecule is CCN(CC)CC.COC(=O)/C=C(\C)N[C@@H](C(=O)N[C@@H]1C(=O)N2[C@@H]1SC(C)(C)[C@@H]2C(=O)O)c1ccccc1. The van der Waals surface area contributed by atoms with E-state index in [1.54, 1.807) is 45.0 Å². The molecule has 4 atom stereocenters. The number of hydrogen-bond donors (Lipinski definition) is 3. The van der Waals surface area contributed by atoms with Gasteiger partial charge < -0.3 is 30.3 Å². The van der Waals surface area contributed by atoms with Gasteiger partial charge in [0.1, 0.15) is 23.5 Å². The molecule has 0 saturated carbocycles. The summed E-state index contributed by atoms with van der Waals surface area (Å²) in [5, 5.41) is 14.8. The number of thioether (sulfide) groups is 1. The summed E-state index contributed by atoms with van der Waals surface area (Å²) in [7, 11) is 1.26. The fourth-order valence-corrected chi connectivity index (χ4v) is 6.13. The highest BCUT2D eigenvalue weighted by atomic mass is 32.2. The summed E-state index contributed by atoms with van der Waals surface area (Å²) in [4.78, 5) is 52.7. The van der Waals surface area contributed by atoms with Crippen molar-refractivity contribution in [1.29, 1.82) is 0 Å². The maximum atomic E-state index is 13.1. The van der Waals surface area contributed by atoms with Gasteiger partial charge in [-0.15, -0.1) is 11.8 Å². The van der Waals surface area contributed by atoms with E-state index in [2.05, 4.69) is 41.0 Å². The number of β-lactam (4-membered cyclic amide) rings is 1. The van der Waals surface area contributed by atoms with E-state index < -0.39 is 52.0 Å². The molecule has 0 aliphatic carbocycles. The van der Waals surface area contributed by atoms with E-state index in [4.69, 9.17) is 0 Å². The number of aliphatic carboxylic acids is 1. The van der Waals surface area contributed by atoms with Gasteiger partial charge in [0.15, 0.2) is 0 Å². The summed E-state index contributed by atoms with van der Waals surface area (Å²) in [5.74, 6) is -2.51. The number of methoxy groups -OCH3 is 1. The first kappa shape index (κ1) is 31.2. The number of nitrogens with one attached hydrogen (secondary N) is 2. The first-order valence-electron chi connectivity index (χ1n) is 12.7. The van der Waals surface area contributed by atoms with Crippen LogP contribution in [0.1, 0.15) is 53.1 Å². The van der Waals surface area contributed by atoms with Crippen LogP contribution in [-0.2, 0) is 23.9 Å². The van der Waals surface area contributed by atoms with Crippen LogP contribution in [0.2, 0.25) is 0 Å². The second-order valence-electron chi connectivity index (χ2n) is 9.54. The standard InChI is InChI=1S/C21H25N3O6S.C6H15N/c1-11(10-13(25)30-4)22-14(12-8-6-5-7-9-12)17(26)23-15-18(27)24-16(20(28)29)21(2,3)31-19(15)24;1-4-7(5-2)6-3/h5-10,14-16,19,22H,1-4H3,(H,23,26)(H,28,29);4-6H2,1-3H3/b11-10+;/t14-,15-,16+,19-;/m1./s1. The van der Waals surface area contributed by atoms with Crippen LogP contribution in [0, 0.1) is 0 Å². The highest BCUT2D eigenvalue weighted by molar-refractivity contribution is 8.01. The first-order chi connectivity index (χ1) is 17.9. The molecule has 2 fully saturated rings. The quantitative estimate of drug-likeness (QED) is 0.229. The van der Waals surface area contributed by atoms with Gasteiger partial charge >= 0.3 is 11.9 Å². The van der Waals surface area contributed by atoms with Crippen LogP contribution >= 0.6 is 11.8 Å². The summed E-state index contributed by atoms with van der Waals surface area (Å²) >= 11 is 1.36. The van der Waals surface area contributed by atoms with E-state index in [-0.39, 0.29) is 0 Å². The minimum Gasteiger partial charge on any atom is -0.480 e. The van der Waals surface area contributed by atoms with Gasteiger partial charge in [0.05, 0.1) is 7.11 Å². The Labute approximate surface area is 229 Å². The third-order valence-corrected chi connectivity index (χ3v) is 8.19. The van der Waals surface area contributed by atoms with Crippen molar-refractivity contribution in [3.05, 3.63) is 47.7 Å². The van der Waals surface area contributed by atoms with Crippen molar-refractivity contribution in [2.75, 3.05) is 26.7 Å². The van der Waals surface area contributed by atoms with Crippen LogP contribution in [0.5, 0.6) is 0 Å². The minimum atomic E-state index is -1.06. The van der Waals surface area contributed by atoms with Crippen molar-refractivity contribution in [3.8, 4) is 0 Å². The molecule has 210 valence electrons. The number of hydrogen-bond acceptors (Lipinski definition) is 8. The van der Waals surface area contributed by atoms with E-state index in [1.807, 2.05) is 6.07 Å². The zero-order valence-corrected chi connectivity index (χ0v) is 24.0. The van der Waals surface area contributed by atoms with Crippen LogP contribution in [0.4, 0.5) is 0 Å². The second-order valence-corrected chi connectivity index (χ2v) is 11.3. The Morgan fingerprint density at radius 2 is 1.74 bits per heavy atom. The number of esters is 1. The highest BCUT2D eigenvalue weighted by Crippen LogP contribution is 2.50. The van der Waals surface area contributed by atoms with Crippen molar-refractivity contribution < 1.29 is 29.0 Å². The molecule has 0 radical (unpaired) electrons. The molecule has 3 rings (SSSR count). The summed E-state index contributed by atoms with van der Waals surface area (Å²) in [6.07, 6.45) is 1.23. The number of carbonyl (C=O) groups is 4.